The van der Waals surface area contributed by atoms with Crippen molar-refractivity contribution in [2.75, 3.05) is 24.2 Å². The first-order valence-corrected chi connectivity index (χ1v) is 11.5. The Hall–Kier alpha value is -3.13. The number of carbonyl (C=O) groups excluding carboxylic acids is 1. The first kappa shape index (κ1) is 23.5. The van der Waals surface area contributed by atoms with Crippen molar-refractivity contribution in [3.8, 4) is 0 Å². The zero-order chi connectivity index (χ0) is 22.9. The van der Waals surface area contributed by atoms with Gasteiger partial charge in [0.25, 0.3) is 5.91 Å². The van der Waals surface area contributed by atoms with E-state index < -0.39 is 0 Å². The molecule has 0 saturated heterocycles. The van der Waals surface area contributed by atoms with Gasteiger partial charge in [0.2, 0.25) is 5.95 Å². The van der Waals surface area contributed by atoms with Crippen LogP contribution in [0.25, 0.3) is 11.2 Å². The minimum absolute atomic E-state index is 0.111. The Bertz CT molecular complexity index is 1010. The normalized spacial score (nSPS) is 11.2. The van der Waals surface area contributed by atoms with Crippen molar-refractivity contribution < 1.29 is 4.79 Å². The highest BCUT2D eigenvalue weighted by atomic mass is 16.1. The lowest BCUT2D eigenvalue weighted by atomic mass is 10.1. The van der Waals surface area contributed by atoms with Crippen molar-refractivity contribution >= 4 is 34.5 Å². The minimum atomic E-state index is -0.111. The topological polar surface area (TPSA) is 110 Å². The summed E-state index contributed by atoms with van der Waals surface area (Å²) in [6.07, 6.45) is 5.35. The Morgan fingerprint density at radius 2 is 1.78 bits per heavy atom. The molecule has 0 unspecified atom stereocenters. The molecule has 172 valence electrons. The molecule has 2 heterocycles. The van der Waals surface area contributed by atoms with Gasteiger partial charge in [-0.15, -0.1) is 0 Å². The lowest BCUT2D eigenvalue weighted by Gasteiger charge is -2.18. The monoisotopic (exact) mass is 437 g/mol. The summed E-state index contributed by atoms with van der Waals surface area (Å²) in [4.78, 5) is 21.5. The van der Waals surface area contributed by atoms with Crippen molar-refractivity contribution in [3.05, 3.63) is 42.0 Å². The second-order valence-corrected chi connectivity index (χ2v) is 7.97. The number of nitrogens with zero attached hydrogens (tertiary/aromatic N) is 3. The van der Waals surface area contributed by atoms with Gasteiger partial charge in [0.05, 0.1) is 0 Å². The van der Waals surface area contributed by atoms with Gasteiger partial charge >= 0.3 is 0 Å². The first-order valence-electron chi connectivity index (χ1n) is 11.5. The zero-order valence-corrected chi connectivity index (χ0v) is 19.3. The van der Waals surface area contributed by atoms with Gasteiger partial charge < -0.3 is 21.7 Å². The van der Waals surface area contributed by atoms with Crippen LogP contribution in [0.1, 0.15) is 56.3 Å². The number of nitrogens with one attached hydrogen (secondary N) is 3. The van der Waals surface area contributed by atoms with Crippen LogP contribution in [-0.4, -0.2) is 40.1 Å². The number of carbonyl (C=O) groups is 1. The zero-order valence-electron chi connectivity index (χ0n) is 19.3. The largest absolute Gasteiger partial charge is 0.367 e. The molecule has 3 aromatic rings. The number of hydrogen-bond acceptors (Lipinski definition) is 6. The molecule has 0 atom stereocenters. The van der Waals surface area contributed by atoms with Crippen LogP contribution in [0.3, 0.4) is 0 Å². The third kappa shape index (κ3) is 5.76. The maximum Gasteiger partial charge on any atom is 0.251 e. The van der Waals surface area contributed by atoms with Crippen LogP contribution in [0.4, 0.5) is 17.5 Å². The Balaban J connectivity index is 1.89. The number of hydrogen-bond donors (Lipinski definition) is 4. The molecule has 0 aliphatic heterocycles. The number of anilines is 3. The van der Waals surface area contributed by atoms with Gasteiger partial charge in [-0.05, 0) is 62.2 Å². The molecule has 0 bridgehead atoms. The number of benzene rings is 1. The van der Waals surface area contributed by atoms with Crippen molar-refractivity contribution in [3.63, 3.8) is 0 Å². The van der Waals surface area contributed by atoms with E-state index in [2.05, 4.69) is 34.4 Å². The number of pyridine rings is 1. The SMILES string of the molecule is CCCC(CCC)Nc1ccc2nc(Nc3ccc(C(=O)NC)cc3)n(CCCN)c2n1. The summed E-state index contributed by atoms with van der Waals surface area (Å²) in [5, 5.41) is 9.61. The van der Waals surface area contributed by atoms with E-state index in [-0.39, 0.29) is 5.91 Å². The maximum atomic E-state index is 11.8. The fourth-order valence-electron chi connectivity index (χ4n) is 3.81. The number of amides is 1. The van der Waals surface area contributed by atoms with Crippen LogP contribution in [0.5, 0.6) is 0 Å². The summed E-state index contributed by atoms with van der Waals surface area (Å²) in [6, 6.07) is 11.8. The number of aromatic nitrogens is 3. The van der Waals surface area contributed by atoms with Crippen LogP contribution in [0.2, 0.25) is 0 Å². The molecular formula is C24H35N7O. The Morgan fingerprint density at radius 1 is 1.06 bits per heavy atom. The molecule has 3 rings (SSSR count). The summed E-state index contributed by atoms with van der Waals surface area (Å²) in [6.45, 7) is 5.73. The van der Waals surface area contributed by atoms with E-state index in [0.717, 1.165) is 61.3 Å². The Kier molecular flexibility index (Phi) is 8.44. The van der Waals surface area contributed by atoms with E-state index in [1.165, 1.54) is 0 Å². The number of rotatable bonds is 12. The van der Waals surface area contributed by atoms with Crippen molar-refractivity contribution in [2.24, 2.45) is 5.73 Å². The molecule has 0 saturated carbocycles. The van der Waals surface area contributed by atoms with Gasteiger partial charge in [0.1, 0.15) is 11.3 Å². The quantitative estimate of drug-likeness (QED) is 0.337. The van der Waals surface area contributed by atoms with Crippen LogP contribution in [-0.2, 0) is 6.54 Å². The molecule has 32 heavy (non-hydrogen) atoms. The predicted molar refractivity (Wildman–Crippen MR) is 132 cm³/mol. The van der Waals surface area contributed by atoms with E-state index in [0.29, 0.717) is 24.1 Å². The van der Waals surface area contributed by atoms with Gasteiger partial charge in [0, 0.05) is 30.9 Å². The highest BCUT2D eigenvalue weighted by Crippen LogP contribution is 2.24. The summed E-state index contributed by atoms with van der Waals surface area (Å²) < 4.78 is 2.08. The molecule has 1 amide bonds. The number of nitrogens with two attached hydrogens (primary N) is 1. The third-order valence-corrected chi connectivity index (χ3v) is 5.43. The molecule has 0 spiro atoms. The van der Waals surface area contributed by atoms with Gasteiger partial charge in [-0.25, -0.2) is 9.97 Å². The molecular weight excluding hydrogens is 402 g/mol. The molecule has 1 aromatic carbocycles. The van der Waals surface area contributed by atoms with Crippen LogP contribution in [0, 0.1) is 0 Å². The standard InChI is InChI=1S/C24H35N7O/c1-4-7-18(8-5-2)27-21-14-13-20-22(30-21)31(16-6-15-25)24(29-20)28-19-11-9-17(10-12-19)23(32)26-3/h9-14,18H,4-8,15-16,25H2,1-3H3,(H,26,32)(H,27,30)(H,28,29). The first-order chi connectivity index (χ1) is 15.6. The van der Waals surface area contributed by atoms with Crippen molar-refractivity contribution in [1.29, 1.82) is 0 Å². The molecule has 5 N–H and O–H groups in total. The molecule has 0 fully saturated rings. The summed E-state index contributed by atoms with van der Waals surface area (Å²) in [5.74, 6) is 1.48. The van der Waals surface area contributed by atoms with E-state index in [9.17, 15) is 4.79 Å². The number of imidazole rings is 1. The lowest BCUT2D eigenvalue weighted by molar-refractivity contribution is 0.0963. The smallest absolute Gasteiger partial charge is 0.251 e. The second kappa shape index (κ2) is 11.5. The molecule has 8 heteroatoms. The summed E-state index contributed by atoms with van der Waals surface area (Å²) in [7, 11) is 1.62. The Morgan fingerprint density at radius 3 is 2.41 bits per heavy atom. The Labute approximate surface area is 190 Å². The highest BCUT2D eigenvalue weighted by Gasteiger charge is 2.15. The predicted octanol–water partition coefficient (Wildman–Crippen LogP) is 4.26. The average molecular weight is 438 g/mol. The lowest BCUT2D eigenvalue weighted by Crippen LogP contribution is -2.19. The molecule has 0 radical (unpaired) electrons. The van der Waals surface area contributed by atoms with E-state index in [4.69, 9.17) is 15.7 Å². The number of aryl methyl sites for hydroxylation is 1. The van der Waals surface area contributed by atoms with Crippen LogP contribution < -0.4 is 21.7 Å². The number of fused-ring (bicyclic) bond motifs is 1. The van der Waals surface area contributed by atoms with Crippen LogP contribution >= 0.6 is 0 Å². The average Bonchev–Trinajstić information content (AvgIpc) is 3.14. The summed E-state index contributed by atoms with van der Waals surface area (Å²) in [5.41, 5.74) is 8.92. The van der Waals surface area contributed by atoms with Gasteiger partial charge in [-0.2, -0.15) is 0 Å². The van der Waals surface area contributed by atoms with Gasteiger partial charge in [-0.1, -0.05) is 26.7 Å². The second-order valence-electron chi connectivity index (χ2n) is 7.97. The van der Waals surface area contributed by atoms with E-state index in [1.54, 1.807) is 19.2 Å². The maximum absolute atomic E-state index is 11.8. The third-order valence-electron chi connectivity index (χ3n) is 5.43. The van der Waals surface area contributed by atoms with Gasteiger partial charge in [-0.3, -0.25) is 9.36 Å². The van der Waals surface area contributed by atoms with Crippen molar-refractivity contribution in [1.82, 2.24) is 19.9 Å². The fourth-order valence-corrected chi connectivity index (χ4v) is 3.81. The minimum Gasteiger partial charge on any atom is -0.367 e. The molecule has 2 aromatic heterocycles. The molecule has 0 aliphatic carbocycles. The van der Waals surface area contributed by atoms with Crippen molar-refractivity contribution in [2.45, 2.75) is 58.5 Å². The van der Waals surface area contributed by atoms with E-state index in [1.807, 2.05) is 24.3 Å². The van der Waals surface area contributed by atoms with Gasteiger partial charge in [0.15, 0.2) is 5.65 Å². The molecule has 8 nitrogen and oxygen atoms in total. The fraction of sp³-hybridized carbons (Fsp3) is 0.458. The van der Waals surface area contributed by atoms with Crippen LogP contribution in [0.15, 0.2) is 36.4 Å². The highest BCUT2D eigenvalue weighted by molar-refractivity contribution is 5.94. The molecule has 0 aliphatic rings. The van der Waals surface area contributed by atoms with E-state index >= 15 is 0 Å². The summed E-state index contributed by atoms with van der Waals surface area (Å²) >= 11 is 0.